The average Bonchev–Trinajstić information content (AvgIpc) is 3.43. The number of carbonyl (C=O) groups excluding carboxylic acids is 1. The molecule has 1 N–H and O–H groups in total. The van der Waals surface area contributed by atoms with E-state index >= 15 is 0 Å². The Hall–Kier alpha value is -3.96. The fourth-order valence-corrected chi connectivity index (χ4v) is 4.05. The Morgan fingerprint density at radius 1 is 1.15 bits per heavy atom. The van der Waals surface area contributed by atoms with E-state index in [9.17, 15) is 22.4 Å². The van der Waals surface area contributed by atoms with Crippen molar-refractivity contribution in [3.8, 4) is 17.1 Å². The fourth-order valence-electron chi connectivity index (χ4n) is 4.05. The van der Waals surface area contributed by atoms with E-state index in [-0.39, 0.29) is 35.7 Å². The molecule has 4 aromatic rings. The lowest BCUT2D eigenvalue weighted by Gasteiger charge is -2.21. The van der Waals surface area contributed by atoms with Crippen LogP contribution in [0.5, 0.6) is 5.75 Å². The highest BCUT2D eigenvalue weighted by atomic mass is 19.4. The summed E-state index contributed by atoms with van der Waals surface area (Å²) in [6.07, 6.45) is -2.10. The molecule has 0 saturated carbocycles. The molecule has 5 rings (SSSR count). The molecule has 1 aliphatic rings. The van der Waals surface area contributed by atoms with Crippen molar-refractivity contribution in [3.63, 3.8) is 0 Å². The monoisotopic (exact) mass is 475 g/mol. The third-order valence-corrected chi connectivity index (χ3v) is 5.63. The second-order valence-corrected chi connectivity index (χ2v) is 7.84. The number of amides is 1. The first-order valence-electron chi connectivity index (χ1n) is 10.4. The van der Waals surface area contributed by atoms with Gasteiger partial charge < -0.3 is 14.2 Å². The Balaban J connectivity index is 1.33. The SMILES string of the molecule is O=C1CC(c2nc(-c3ccc(F)c4cn[nH]c34)no2)CCCN1c1ccc(OC(F)(F)F)cc1. The Labute approximate surface area is 189 Å². The minimum absolute atomic E-state index is 0.0886. The molecule has 1 unspecified atom stereocenters. The largest absolute Gasteiger partial charge is 0.573 e. The summed E-state index contributed by atoms with van der Waals surface area (Å²) in [5.74, 6) is -0.798. The molecular formula is C22H17F4N5O3. The van der Waals surface area contributed by atoms with Crippen LogP contribution < -0.4 is 9.64 Å². The van der Waals surface area contributed by atoms with Crippen LogP contribution in [0.25, 0.3) is 22.3 Å². The maximum atomic E-state index is 13.9. The van der Waals surface area contributed by atoms with E-state index in [0.717, 1.165) is 0 Å². The molecular weight excluding hydrogens is 458 g/mol. The van der Waals surface area contributed by atoms with Crippen LogP contribution in [-0.4, -0.2) is 39.2 Å². The van der Waals surface area contributed by atoms with E-state index in [2.05, 4.69) is 25.1 Å². The quantitative estimate of drug-likeness (QED) is 0.420. The summed E-state index contributed by atoms with van der Waals surface area (Å²) < 4.78 is 60.4. The van der Waals surface area contributed by atoms with E-state index in [1.165, 1.54) is 47.5 Å². The lowest BCUT2D eigenvalue weighted by Crippen LogP contribution is -2.30. The van der Waals surface area contributed by atoms with E-state index < -0.39 is 12.2 Å². The Kier molecular flexibility index (Phi) is 5.42. The van der Waals surface area contributed by atoms with Gasteiger partial charge in [0.15, 0.2) is 0 Å². The van der Waals surface area contributed by atoms with Crippen LogP contribution in [0.4, 0.5) is 23.2 Å². The van der Waals surface area contributed by atoms with Gasteiger partial charge in [0.2, 0.25) is 17.6 Å². The molecule has 0 aliphatic carbocycles. The molecule has 176 valence electrons. The number of nitrogens with one attached hydrogen (secondary N) is 1. The maximum absolute atomic E-state index is 13.9. The number of ether oxygens (including phenoxy) is 1. The van der Waals surface area contributed by atoms with Gasteiger partial charge >= 0.3 is 6.36 Å². The van der Waals surface area contributed by atoms with Crippen molar-refractivity contribution in [1.29, 1.82) is 0 Å². The molecule has 8 nitrogen and oxygen atoms in total. The highest BCUT2D eigenvalue weighted by Gasteiger charge is 2.32. The van der Waals surface area contributed by atoms with Crippen molar-refractivity contribution in [1.82, 2.24) is 20.3 Å². The van der Waals surface area contributed by atoms with Gasteiger partial charge in [-0.1, -0.05) is 5.16 Å². The summed E-state index contributed by atoms with van der Waals surface area (Å²) in [5, 5.41) is 10.9. The Bertz CT molecular complexity index is 1330. The third-order valence-electron chi connectivity index (χ3n) is 5.63. The Morgan fingerprint density at radius 2 is 1.94 bits per heavy atom. The molecule has 2 aromatic heterocycles. The van der Waals surface area contributed by atoms with Gasteiger partial charge in [-0.15, -0.1) is 13.2 Å². The highest BCUT2D eigenvalue weighted by Crippen LogP contribution is 2.33. The Morgan fingerprint density at radius 3 is 2.71 bits per heavy atom. The minimum Gasteiger partial charge on any atom is -0.406 e. The first-order valence-corrected chi connectivity index (χ1v) is 10.4. The molecule has 3 heterocycles. The second-order valence-electron chi connectivity index (χ2n) is 7.84. The summed E-state index contributed by atoms with van der Waals surface area (Å²) in [4.78, 5) is 18.9. The van der Waals surface area contributed by atoms with Crippen LogP contribution in [0.1, 0.15) is 31.1 Å². The summed E-state index contributed by atoms with van der Waals surface area (Å²) >= 11 is 0. The van der Waals surface area contributed by atoms with Crippen LogP contribution in [0, 0.1) is 5.82 Å². The van der Waals surface area contributed by atoms with E-state index in [1.54, 1.807) is 0 Å². The van der Waals surface area contributed by atoms with Gasteiger partial charge in [-0.05, 0) is 49.2 Å². The van der Waals surface area contributed by atoms with Crippen molar-refractivity contribution < 1.29 is 31.6 Å². The van der Waals surface area contributed by atoms with Crippen LogP contribution in [0.15, 0.2) is 47.1 Å². The number of aromatic nitrogens is 4. The van der Waals surface area contributed by atoms with Gasteiger partial charge in [-0.2, -0.15) is 10.1 Å². The number of anilines is 1. The van der Waals surface area contributed by atoms with E-state index in [1.807, 2.05) is 0 Å². The molecule has 34 heavy (non-hydrogen) atoms. The number of benzene rings is 2. The van der Waals surface area contributed by atoms with Gasteiger partial charge in [0.05, 0.1) is 17.1 Å². The molecule has 0 radical (unpaired) electrons. The van der Waals surface area contributed by atoms with Gasteiger partial charge in [0.1, 0.15) is 11.6 Å². The molecule has 1 aliphatic heterocycles. The number of halogens is 4. The molecule has 2 aromatic carbocycles. The van der Waals surface area contributed by atoms with Crippen LogP contribution in [-0.2, 0) is 4.79 Å². The second kappa shape index (κ2) is 8.43. The first-order chi connectivity index (χ1) is 16.3. The van der Waals surface area contributed by atoms with E-state index in [0.29, 0.717) is 41.5 Å². The predicted octanol–water partition coefficient (Wildman–Crippen LogP) is 4.95. The zero-order valence-electron chi connectivity index (χ0n) is 17.5. The van der Waals surface area contributed by atoms with Gasteiger partial charge in [-0.25, -0.2) is 4.39 Å². The molecule has 12 heteroatoms. The van der Waals surface area contributed by atoms with E-state index in [4.69, 9.17) is 4.52 Å². The van der Waals surface area contributed by atoms with Gasteiger partial charge in [0.25, 0.3) is 0 Å². The number of alkyl halides is 3. The number of carbonyl (C=O) groups is 1. The summed E-state index contributed by atoms with van der Waals surface area (Å²) in [5.41, 5.74) is 1.43. The lowest BCUT2D eigenvalue weighted by atomic mass is 10.0. The minimum atomic E-state index is -4.78. The zero-order chi connectivity index (χ0) is 23.9. The zero-order valence-corrected chi connectivity index (χ0v) is 17.5. The molecule has 1 amide bonds. The maximum Gasteiger partial charge on any atom is 0.573 e. The summed E-state index contributed by atoms with van der Waals surface area (Å²) in [6.45, 7) is 0.391. The fraction of sp³-hybridized carbons (Fsp3) is 0.273. The number of hydrogen-bond acceptors (Lipinski definition) is 6. The molecule has 0 spiro atoms. The smallest absolute Gasteiger partial charge is 0.406 e. The van der Waals surface area contributed by atoms with Crippen molar-refractivity contribution in [3.05, 3.63) is 54.3 Å². The number of fused-ring (bicyclic) bond motifs is 1. The molecule has 0 bridgehead atoms. The predicted molar refractivity (Wildman–Crippen MR) is 111 cm³/mol. The topological polar surface area (TPSA) is 97.1 Å². The molecule has 1 fully saturated rings. The average molecular weight is 475 g/mol. The molecule has 1 saturated heterocycles. The van der Waals surface area contributed by atoms with Crippen LogP contribution in [0.2, 0.25) is 0 Å². The lowest BCUT2D eigenvalue weighted by molar-refractivity contribution is -0.274. The standard InChI is InChI=1S/C22H17F4N5O3/c23-17-8-7-15(19-16(17)11-27-29-19)20-28-21(34-30-20)12-2-1-9-31(18(32)10-12)13-3-5-14(6-4-13)33-22(24,25)26/h3-8,11-12H,1-2,9-10H2,(H,27,29). The normalized spacial score (nSPS) is 17.2. The van der Waals surface area contributed by atoms with Crippen molar-refractivity contribution in [2.24, 2.45) is 0 Å². The number of aromatic amines is 1. The number of hydrogen-bond donors (Lipinski definition) is 1. The number of rotatable bonds is 4. The van der Waals surface area contributed by atoms with Crippen LogP contribution >= 0.6 is 0 Å². The van der Waals surface area contributed by atoms with Crippen molar-refractivity contribution in [2.75, 3.05) is 11.4 Å². The highest BCUT2D eigenvalue weighted by molar-refractivity contribution is 5.94. The molecule has 1 atom stereocenters. The number of H-pyrrole nitrogens is 1. The summed E-state index contributed by atoms with van der Waals surface area (Å²) in [7, 11) is 0. The summed E-state index contributed by atoms with van der Waals surface area (Å²) in [6, 6.07) is 7.98. The van der Waals surface area contributed by atoms with Crippen LogP contribution in [0.3, 0.4) is 0 Å². The first kappa shape index (κ1) is 21.9. The number of nitrogens with zero attached hydrogens (tertiary/aromatic N) is 4. The van der Waals surface area contributed by atoms with Gasteiger partial charge in [-0.3, -0.25) is 9.89 Å². The van der Waals surface area contributed by atoms with Crippen molar-refractivity contribution in [2.45, 2.75) is 31.5 Å². The third kappa shape index (κ3) is 4.30. The van der Waals surface area contributed by atoms with Gasteiger partial charge in [0, 0.05) is 30.1 Å². The van der Waals surface area contributed by atoms with Crippen molar-refractivity contribution >= 4 is 22.5 Å².